The van der Waals surface area contributed by atoms with Gasteiger partial charge in [0, 0.05) is 11.5 Å². The predicted molar refractivity (Wildman–Crippen MR) is 213 cm³/mol. The molecule has 0 aromatic rings. The Labute approximate surface area is 346 Å². The second kappa shape index (κ2) is 28.6. The first-order valence-electron chi connectivity index (χ1n) is 18.3. The Morgan fingerprint density at radius 1 is 0.483 bits per heavy atom. The summed E-state index contributed by atoms with van der Waals surface area (Å²) in [5.41, 5.74) is 17.0. The van der Waals surface area contributed by atoms with Crippen LogP contribution < -0.4 is 54.4 Å². The van der Waals surface area contributed by atoms with E-state index in [9.17, 15) is 58.2 Å². The highest BCUT2D eigenvalue weighted by atomic mass is 32.1. The molecule has 0 unspecified atom stereocenters. The van der Waals surface area contributed by atoms with Crippen molar-refractivity contribution < 1.29 is 63.3 Å². The monoisotopic (exact) mass is 866 g/mol. The van der Waals surface area contributed by atoms with Crippen LogP contribution in [0.1, 0.15) is 65.2 Å². The van der Waals surface area contributed by atoms with Gasteiger partial charge in [0.1, 0.15) is 42.8 Å². The van der Waals surface area contributed by atoms with Gasteiger partial charge in [-0.25, -0.2) is 0 Å². The van der Waals surface area contributed by atoms with Crippen molar-refractivity contribution in [2.24, 2.45) is 23.1 Å². The summed E-state index contributed by atoms with van der Waals surface area (Å²) in [6.07, 6.45) is -0.929. The average Bonchev–Trinajstić information content (AvgIpc) is 3.15. The molecule has 0 aromatic heterocycles. The number of rotatable bonds is 30. The topological polar surface area (TPSA) is 394 Å². The normalized spacial score (nSPS) is 14.6. The molecule has 0 heterocycles. The number of unbranched alkanes of at least 4 members (excludes halogenated alkanes) is 2. The molecule has 16 N–H and O–H groups in total. The van der Waals surface area contributed by atoms with E-state index in [0.717, 1.165) is 0 Å². The van der Waals surface area contributed by atoms with Crippen molar-refractivity contribution in [3.8, 4) is 0 Å². The summed E-state index contributed by atoms with van der Waals surface area (Å²) in [6, 6.07) is -10.2. The van der Waals surface area contributed by atoms with Crippen LogP contribution in [0.3, 0.4) is 0 Å². The van der Waals surface area contributed by atoms with Gasteiger partial charge in [-0.3, -0.25) is 47.9 Å². The van der Waals surface area contributed by atoms with Gasteiger partial charge < -0.3 is 69.7 Å². The second-order valence-corrected chi connectivity index (χ2v) is 14.1. The van der Waals surface area contributed by atoms with Crippen LogP contribution >= 0.6 is 25.3 Å². The maximum atomic E-state index is 13.6. The highest BCUT2D eigenvalue weighted by Gasteiger charge is 2.35. The van der Waals surface area contributed by atoms with Crippen molar-refractivity contribution in [1.82, 2.24) is 37.2 Å². The first kappa shape index (κ1) is 53.3. The third kappa shape index (κ3) is 21.2. The van der Waals surface area contributed by atoms with E-state index in [1.165, 1.54) is 0 Å². The lowest BCUT2D eigenvalue weighted by Crippen LogP contribution is -2.60. The third-order valence-electron chi connectivity index (χ3n) is 8.25. The lowest BCUT2D eigenvalue weighted by molar-refractivity contribution is -0.142. The van der Waals surface area contributed by atoms with E-state index in [1.54, 1.807) is 13.8 Å². The maximum absolute atomic E-state index is 13.6. The van der Waals surface area contributed by atoms with Crippen LogP contribution in [0.5, 0.6) is 0 Å². The van der Waals surface area contributed by atoms with E-state index in [0.29, 0.717) is 19.3 Å². The molecule has 0 aliphatic rings. The van der Waals surface area contributed by atoms with Gasteiger partial charge in [-0.05, 0) is 57.5 Å². The van der Waals surface area contributed by atoms with Crippen LogP contribution in [-0.4, -0.2) is 148 Å². The molecule has 0 aliphatic heterocycles. The summed E-state index contributed by atoms with van der Waals surface area (Å²) < 4.78 is 0. The molecule has 0 saturated carbocycles. The van der Waals surface area contributed by atoms with E-state index in [1.807, 2.05) is 5.32 Å². The number of hydrogen-bond acceptors (Lipinski definition) is 15. The quantitative estimate of drug-likeness (QED) is 0.0238. The van der Waals surface area contributed by atoms with Crippen LogP contribution in [0, 0.1) is 5.92 Å². The zero-order valence-corrected chi connectivity index (χ0v) is 34.2. The highest BCUT2D eigenvalue weighted by Crippen LogP contribution is 2.08. The summed E-state index contributed by atoms with van der Waals surface area (Å²) >= 11 is 8.07. The van der Waals surface area contributed by atoms with Crippen LogP contribution in [0.4, 0.5) is 0 Å². The van der Waals surface area contributed by atoms with Gasteiger partial charge >= 0.3 is 17.9 Å². The molecule has 0 aromatic carbocycles. The molecule has 0 rings (SSSR count). The van der Waals surface area contributed by atoms with Crippen LogP contribution in [0.15, 0.2) is 0 Å². The summed E-state index contributed by atoms with van der Waals surface area (Å²) in [7, 11) is 0. The van der Waals surface area contributed by atoms with E-state index in [-0.39, 0.29) is 49.8 Å². The first-order valence-corrected chi connectivity index (χ1v) is 19.6. The molecular formula is C33H58N10O13S2. The van der Waals surface area contributed by atoms with E-state index in [4.69, 9.17) is 22.3 Å². The zero-order valence-electron chi connectivity index (χ0n) is 32.4. The van der Waals surface area contributed by atoms with Crippen molar-refractivity contribution in [1.29, 1.82) is 0 Å². The van der Waals surface area contributed by atoms with Crippen LogP contribution in [-0.2, 0) is 47.9 Å². The summed E-state index contributed by atoms with van der Waals surface area (Å²) in [5.74, 6) is -12.2. The molecule has 0 spiro atoms. The van der Waals surface area contributed by atoms with Gasteiger partial charge in [-0.1, -0.05) is 13.8 Å². The number of carbonyl (C=O) groups excluding carboxylic acids is 7. The summed E-state index contributed by atoms with van der Waals surface area (Å²) in [6.45, 7) is 3.00. The molecular weight excluding hydrogens is 809 g/mol. The Bertz CT molecular complexity index is 1440. The van der Waals surface area contributed by atoms with E-state index in [2.05, 4.69) is 57.2 Å². The lowest BCUT2D eigenvalue weighted by Gasteiger charge is -2.27. The minimum atomic E-state index is -1.84. The number of nitrogens with two attached hydrogens (primary N) is 3. The van der Waals surface area contributed by atoms with Crippen molar-refractivity contribution in [2.45, 2.75) is 108 Å². The molecule has 0 bridgehead atoms. The van der Waals surface area contributed by atoms with E-state index >= 15 is 0 Å². The number of thiol groups is 2. The van der Waals surface area contributed by atoms with Gasteiger partial charge in [-0.2, -0.15) is 25.3 Å². The number of aliphatic carboxylic acids is 3. The smallest absolute Gasteiger partial charge is 0.322 e. The molecule has 23 nitrogen and oxygen atoms in total. The Morgan fingerprint density at radius 2 is 0.810 bits per heavy atom. The molecule has 58 heavy (non-hydrogen) atoms. The van der Waals surface area contributed by atoms with Crippen LogP contribution in [0.2, 0.25) is 0 Å². The van der Waals surface area contributed by atoms with Gasteiger partial charge in [0.15, 0.2) is 0 Å². The number of nitrogens with one attached hydrogen (secondary N) is 7. The molecule has 0 radical (unpaired) electrons. The zero-order chi connectivity index (χ0) is 44.5. The second-order valence-electron chi connectivity index (χ2n) is 13.4. The Kier molecular flexibility index (Phi) is 26.3. The fourth-order valence-electron chi connectivity index (χ4n) is 4.90. The average molecular weight is 867 g/mol. The van der Waals surface area contributed by atoms with Gasteiger partial charge in [0.2, 0.25) is 41.4 Å². The van der Waals surface area contributed by atoms with Crippen molar-refractivity contribution in [3.05, 3.63) is 0 Å². The number of hydrogen-bond donors (Lipinski definition) is 15. The molecule has 25 heteroatoms. The Morgan fingerprint density at radius 3 is 1.16 bits per heavy atom. The minimum Gasteiger partial charge on any atom is -0.481 e. The van der Waals surface area contributed by atoms with Gasteiger partial charge in [0.25, 0.3) is 0 Å². The largest absolute Gasteiger partial charge is 0.481 e. The predicted octanol–water partition coefficient (Wildman–Crippen LogP) is -4.85. The van der Waals surface area contributed by atoms with E-state index < -0.39 is 121 Å². The molecule has 330 valence electrons. The molecule has 7 amide bonds. The number of carbonyl (C=O) groups is 10. The van der Waals surface area contributed by atoms with Crippen molar-refractivity contribution in [2.75, 3.05) is 31.1 Å². The molecule has 0 saturated heterocycles. The minimum absolute atomic E-state index is 0.0264. The van der Waals surface area contributed by atoms with Gasteiger partial charge in [-0.15, -0.1) is 0 Å². The number of carboxylic acid groups (broad SMARTS) is 3. The standard InChI is InChI=1S/C33H58N10O13S2/c1-16(2)26(36)33(56)43-22(15-58)32(55)39-18(8-4-6-10-35)29(52)40-19(11-23(44)45)30(53)38-17(7-3-5-9-34)28(51)41-20(12-24(46)47)31(54)42-21(14-57)27(50)37-13-25(48)49/h16-22,26,57-58H,3-15,34-36H2,1-2H3,(H,37,50)(H,38,53)(H,39,55)(H,40,52)(H,41,51)(H,42,54)(H,43,56)(H,44,45)(H,46,47)(H,48,49)/t17-,18-,19-,20-,21-,22-,26-/m0/s1. The maximum Gasteiger partial charge on any atom is 0.322 e. The first-order chi connectivity index (χ1) is 27.2. The molecule has 0 aliphatic carbocycles. The van der Waals surface area contributed by atoms with Crippen molar-refractivity contribution >= 4 is 84.5 Å². The summed E-state index contributed by atoms with van der Waals surface area (Å²) in [4.78, 5) is 126. The Hall–Kier alpha value is -4.72. The molecule has 0 fully saturated rings. The third-order valence-corrected chi connectivity index (χ3v) is 8.98. The lowest BCUT2D eigenvalue weighted by atomic mass is 10.0. The highest BCUT2D eigenvalue weighted by molar-refractivity contribution is 7.80. The Balaban J connectivity index is 6.34. The molecule has 7 atom stereocenters. The SMILES string of the molecule is CC(C)[C@H](N)C(=O)N[C@@H](CS)C(=O)N[C@@H](CCCCN)C(=O)N[C@@H](CC(=O)O)C(=O)N[C@@H](CCCCN)C(=O)N[C@@H](CC(=O)O)C(=O)N[C@@H](CS)C(=O)NCC(=O)O. The summed E-state index contributed by atoms with van der Waals surface area (Å²) in [5, 5.41) is 43.9. The fraction of sp³-hybridized carbons (Fsp3) is 0.697. The van der Waals surface area contributed by atoms with Crippen LogP contribution in [0.25, 0.3) is 0 Å². The number of carboxylic acids is 3. The fourth-order valence-corrected chi connectivity index (χ4v) is 5.41. The van der Waals surface area contributed by atoms with Crippen molar-refractivity contribution in [3.63, 3.8) is 0 Å². The number of amides is 7. The van der Waals surface area contributed by atoms with Gasteiger partial charge in [0.05, 0.1) is 18.9 Å².